The average Bonchev–Trinajstić information content (AvgIpc) is 2.10. The van der Waals surface area contributed by atoms with Gasteiger partial charge in [-0.15, -0.1) is 0 Å². The van der Waals surface area contributed by atoms with Crippen LogP contribution in [0.1, 0.15) is 5.56 Å². The van der Waals surface area contributed by atoms with Crippen LogP contribution in [-0.2, 0) is 0 Å². The lowest BCUT2D eigenvalue weighted by molar-refractivity contribution is 0.459. The molecule has 0 radical (unpaired) electrons. The number of hydrogen-bond donors (Lipinski definition) is 0. The highest BCUT2D eigenvalue weighted by Gasteiger charge is 2.13. The van der Waals surface area contributed by atoms with Crippen LogP contribution in [-0.4, -0.2) is 10.6 Å². The van der Waals surface area contributed by atoms with Crippen LogP contribution in [0.25, 0.3) is 0 Å². The third-order valence-electron chi connectivity index (χ3n) is 1.49. The number of rotatable bonds is 1. The number of hydrogen-bond acceptors (Lipinski definition) is 3. The molecule has 0 spiro atoms. The number of ether oxygens (including phenoxy) is 1. The van der Waals surface area contributed by atoms with E-state index in [4.69, 9.17) is 17.0 Å². The molecule has 5 heteroatoms. The Morgan fingerprint density at radius 3 is 2.29 bits per heavy atom. The number of halogens is 2. The zero-order valence-electron chi connectivity index (χ0n) is 7.64. The van der Waals surface area contributed by atoms with Crippen molar-refractivity contribution in [1.82, 2.24) is 0 Å². The minimum absolute atomic E-state index is 0.0895. The number of benzene rings is 1. The van der Waals surface area contributed by atoms with E-state index >= 15 is 0 Å². The van der Waals surface area contributed by atoms with Crippen LogP contribution in [0.4, 0.5) is 8.78 Å². The first kappa shape index (κ1) is 11.4. The molecule has 1 aromatic carbocycles. The molecular formula is C9H8F2OS2. The monoisotopic (exact) mass is 234 g/mol. The van der Waals surface area contributed by atoms with E-state index < -0.39 is 17.4 Å². The molecule has 0 atom stereocenters. The summed E-state index contributed by atoms with van der Waals surface area (Å²) in [5.74, 6) is -1.91. The fourth-order valence-corrected chi connectivity index (χ4v) is 1.16. The van der Waals surface area contributed by atoms with Crippen molar-refractivity contribution in [3.05, 3.63) is 29.3 Å². The van der Waals surface area contributed by atoms with E-state index in [-0.39, 0.29) is 4.38 Å². The Labute approximate surface area is 90.5 Å². The minimum Gasteiger partial charge on any atom is -0.434 e. The molecule has 1 aromatic rings. The molecule has 0 amide bonds. The number of thioether (sulfide) groups is 1. The van der Waals surface area contributed by atoms with E-state index in [2.05, 4.69) is 0 Å². The van der Waals surface area contributed by atoms with E-state index in [1.54, 1.807) is 13.2 Å². The van der Waals surface area contributed by atoms with Gasteiger partial charge in [0.1, 0.15) is 0 Å². The van der Waals surface area contributed by atoms with Gasteiger partial charge in [-0.1, -0.05) is 11.8 Å². The standard InChI is InChI=1S/C9H8F2OS2/c1-5-3-6(10)8(7(11)4-5)12-9(13)14-2/h3-4H,1-2H3. The van der Waals surface area contributed by atoms with Gasteiger partial charge in [-0.2, -0.15) is 0 Å². The minimum atomic E-state index is -0.737. The summed E-state index contributed by atoms with van der Waals surface area (Å²) in [7, 11) is 0. The molecule has 0 heterocycles. The third-order valence-corrected chi connectivity index (χ3v) is 2.49. The topological polar surface area (TPSA) is 9.23 Å². The molecular weight excluding hydrogens is 226 g/mol. The molecule has 1 rings (SSSR count). The maximum Gasteiger partial charge on any atom is 0.225 e. The van der Waals surface area contributed by atoms with E-state index in [9.17, 15) is 8.78 Å². The Morgan fingerprint density at radius 2 is 1.86 bits per heavy atom. The smallest absolute Gasteiger partial charge is 0.225 e. The fraction of sp³-hybridized carbons (Fsp3) is 0.222. The van der Waals surface area contributed by atoms with Gasteiger partial charge in [0, 0.05) is 0 Å². The van der Waals surface area contributed by atoms with Gasteiger partial charge in [-0.25, -0.2) is 8.78 Å². The highest BCUT2D eigenvalue weighted by molar-refractivity contribution is 8.22. The van der Waals surface area contributed by atoms with Crippen molar-refractivity contribution in [2.45, 2.75) is 6.92 Å². The van der Waals surface area contributed by atoms with Crippen molar-refractivity contribution < 1.29 is 13.5 Å². The molecule has 1 nitrogen and oxygen atoms in total. The first-order valence-corrected chi connectivity index (χ1v) is 5.39. The Kier molecular flexibility index (Phi) is 3.83. The second kappa shape index (κ2) is 4.70. The lowest BCUT2D eigenvalue weighted by Gasteiger charge is -2.07. The zero-order valence-corrected chi connectivity index (χ0v) is 9.27. The zero-order chi connectivity index (χ0) is 10.7. The summed E-state index contributed by atoms with van der Waals surface area (Å²) in [5.41, 5.74) is 0.502. The van der Waals surface area contributed by atoms with Crippen LogP contribution in [0.5, 0.6) is 5.75 Å². The van der Waals surface area contributed by atoms with Crippen LogP contribution >= 0.6 is 24.0 Å². The van der Waals surface area contributed by atoms with Crippen molar-refractivity contribution >= 4 is 28.4 Å². The lowest BCUT2D eigenvalue weighted by atomic mass is 10.2. The molecule has 0 aliphatic heterocycles. The van der Waals surface area contributed by atoms with E-state index in [0.717, 1.165) is 11.8 Å². The normalized spacial score (nSPS) is 10.0. The summed E-state index contributed by atoms with van der Waals surface area (Å²) >= 11 is 5.81. The Bertz CT molecular complexity index is 343. The highest BCUT2D eigenvalue weighted by atomic mass is 32.2. The van der Waals surface area contributed by atoms with Gasteiger partial charge in [-0.3, -0.25) is 0 Å². The summed E-state index contributed by atoms with van der Waals surface area (Å²) < 4.78 is 31.3. The molecule has 0 N–H and O–H groups in total. The Morgan fingerprint density at radius 1 is 1.36 bits per heavy atom. The van der Waals surface area contributed by atoms with Crippen molar-refractivity contribution in [3.63, 3.8) is 0 Å². The molecule has 0 fully saturated rings. The van der Waals surface area contributed by atoms with Crippen LogP contribution < -0.4 is 4.74 Å². The van der Waals surface area contributed by atoms with Crippen LogP contribution in [0.2, 0.25) is 0 Å². The summed E-state index contributed by atoms with van der Waals surface area (Å²) in [6.07, 6.45) is 1.67. The van der Waals surface area contributed by atoms with Crippen molar-refractivity contribution in [3.8, 4) is 5.75 Å². The average molecular weight is 234 g/mol. The summed E-state index contributed by atoms with van der Waals surface area (Å²) in [5, 5.41) is 0. The summed E-state index contributed by atoms with van der Waals surface area (Å²) in [4.78, 5) is 0. The van der Waals surface area contributed by atoms with Gasteiger partial charge in [-0.05, 0) is 43.1 Å². The second-order valence-electron chi connectivity index (χ2n) is 2.61. The Hall–Kier alpha value is -0.680. The first-order valence-electron chi connectivity index (χ1n) is 3.76. The van der Waals surface area contributed by atoms with E-state index in [1.807, 2.05) is 0 Å². The molecule has 0 saturated heterocycles. The van der Waals surface area contributed by atoms with Gasteiger partial charge >= 0.3 is 0 Å². The Balaban J connectivity index is 3.02. The number of aryl methyl sites for hydroxylation is 1. The highest BCUT2D eigenvalue weighted by Crippen LogP contribution is 2.24. The lowest BCUT2D eigenvalue weighted by Crippen LogP contribution is -2.03. The predicted octanol–water partition coefficient (Wildman–Crippen LogP) is 3.30. The molecule has 0 saturated carbocycles. The second-order valence-corrected chi connectivity index (χ2v) is 4.02. The van der Waals surface area contributed by atoms with Gasteiger partial charge in [0.2, 0.25) is 10.1 Å². The SMILES string of the molecule is CSC(=S)Oc1c(F)cc(C)cc1F. The first-order chi connectivity index (χ1) is 6.54. The van der Waals surface area contributed by atoms with Crippen molar-refractivity contribution in [2.75, 3.05) is 6.26 Å². The maximum absolute atomic E-state index is 13.2. The molecule has 0 bridgehead atoms. The molecule has 0 aliphatic carbocycles. The van der Waals surface area contributed by atoms with Gasteiger partial charge in [0.25, 0.3) is 0 Å². The molecule has 14 heavy (non-hydrogen) atoms. The van der Waals surface area contributed by atoms with E-state index in [0.29, 0.717) is 5.56 Å². The van der Waals surface area contributed by atoms with Crippen molar-refractivity contribution in [1.29, 1.82) is 0 Å². The molecule has 0 aliphatic rings. The fourth-order valence-electron chi connectivity index (χ4n) is 0.909. The number of thiocarbonyl (C=S) groups is 1. The maximum atomic E-state index is 13.2. The predicted molar refractivity (Wildman–Crippen MR) is 57.8 cm³/mol. The largest absolute Gasteiger partial charge is 0.434 e. The van der Waals surface area contributed by atoms with Crippen molar-refractivity contribution in [2.24, 2.45) is 0 Å². The molecule has 76 valence electrons. The van der Waals surface area contributed by atoms with Crippen LogP contribution in [0.15, 0.2) is 12.1 Å². The molecule has 0 aromatic heterocycles. The van der Waals surface area contributed by atoms with Crippen LogP contribution in [0.3, 0.4) is 0 Å². The summed E-state index contributed by atoms with van der Waals surface area (Å²) in [6, 6.07) is 2.39. The quantitative estimate of drug-likeness (QED) is 0.690. The van der Waals surface area contributed by atoms with Gasteiger partial charge < -0.3 is 4.74 Å². The van der Waals surface area contributed by atoms with Gasteiger partial charge in [0.15, 0.2) is 11.6 Å². The van der Waals surface area contributed by atoms with Gasteiger partial charge in [0.05, 0.1) is 0 Å². The summed E-state index contributed by atoms with van der Waals surface area (Å²) in [6.45, 7) is 1.60. The van der Waals surface area contributed by atoms with Crippen LogP contribution in [0, 0.1) is 18.6 Å². The van der Waals surface area contributed by atoms with E-state index in [1.165, 1.54) is 12.1 Å². The molecule has 0 unspecified atom stereocenters. The third kappa shape index (κ3) is 2.65.